The number of amides is 1. The molecule has 2 aromatic heterocycles. The fourth-order valence-electron chi connectivity index (χ4n) is 2.13. The van der Waals surface area contributed by atoms with E-state index in [9.17, 15) is 13.2 Å². The molecule has 0 aliphatic carbocycles. The van der Waals surface area contributed by atoms with Crippen molar-refractivity contribution in [2.24, 2.45) is 0 Å². The lowest BCUT2D eigenvalue weighted by Crippen LogP contribution is -2.25. The third-order valence-corrected chi connectivity index (χ3v) is 6.35. The number of rotatable bonds is 8. The Hall–Kier alpha value is -2.27. The highest BCUT2D eigenvalue weighted by molar-refractivity contribution is 7.91. The van der Waals surface area contributed by atoms with Gasteiger partial charge in [0, 0.05) is 23.6 Å². The number of benzene rings is 1. The van der Waals surface area contributed by atoms with Gasteiger partial charge in [-0.3, -0.25) is 10.1 Å². The largest absolute Gasteiger partial charge is 0.469 e. The van der Waals surface area contributed by atoms with Gasteiger partial charge >= 0.3 is 0 Å². The monoisotopic (exact) mass is 426 g/mol. The summed E-state index contributed by atoms with van der Waals surface area (Å²) in [6.07, 6.45) is 2.76. The third-order valence-electron chi connectivity index (χ3n) is 3.44. The van der Waals surface area contributed by atoms with E-state index in [1.165, 1.54) is 0 Å². The fraction of sp³-hybridized carbons (Fsp3) is 0.188. The van der Waals surface area contributed by atoms with E-state index in [-0.39, 0.29) is 16.0 Å². The average Bonchev–Trinajstić information content (AvgIpc) is 3.31. The molecule has 0 saturated carbocycles. The van der Waals surface area contributed by atoms with Crippen LogP contribution in [-0.4, -0.2) is 31.1 Å². The number of aryl methyl sites for hydroxylation is 1. The first kappa shape index (κ1) is 19.5. The van der Waals surface area contributed by atoms with Gasteiger partial charge in [-0.25, -0.2) is 13.1 Å². The number of aromatic nitrogens is 2. The molecule has 0 bridgehead atoms. The molecular weight excluding hydrogens is 412 g/mol. The zero-order chi connectivity index (χ0) is 19.3. The van der Waals surface area contributed by atoms with Gasteiger partial charge in [-0.1, -0.05) is 22.9 Å². The highest BCUT2D eigenvalue weighted by Gasteiger charge is 2.20. The van der Waals surface area contributed by atoms with Gasteiger partial charge < -0.3 is 4.42 Å². The van der Waals surface area contributed by atoms with Crippen LogP contribution in [0.3, 0.4) is 0 Å². The average molecular weight is 427 g/mol. The van der Waals surface area contributed by atoms with Crippen LogP contribution >= 0.6 is 22.9 Å². The van der Waals surface area contributed by atoms with E-state index < -0.39 is 15.9 Å². The fourth-order valence-corrected chi connectivity index (χ4v) is 4.26. The standard InChI is InChI=1S/C16H15ClN4O4S2/c17-12-7-5-11(6-8-12)14(22)19-15-20-21-16(26-15)27(23,24)18-9-1-3-13-4-2-10-25-13/h2,4-8,10,18H,1,3,9H2,(H,19,20,22). The van der Waals surface area contributed by atoms with Crippen molar-refractivity contribution < 1.29 is 17.6 Å². The number of sulfonamides is 1. The summed E-state index contributed by atoms with van der Waals surface area (Å²) >= 11 is 6.55. The number of nitrogens with one attached hydrogen (secondary N) is 2. The lowest BCUT2D eigenvalue weighted by molar-refractivity contribution is 0.102. The summed E-state index contributed by atoms with van der Waals surface area (Å²) in [4.78, 5) is 12.1. The first-order valence-corrected chi connectivity index (χ1v) is 10.5. The molecule has 8 nitrogen and oxygen atoms in total. The van der Waals surface area contributed by atoms with E-state index in [4.69, 9.17) is 16.0 Å². The number of halogens is 1. The maximum absolute atomic E-state index is 12.2. The molecule has 11 heteroatoms. The summed E-state index contributed by atoms with van der Waals surface area (Å²) in [5, 5.41) is 10.5. The highest BCUT2D eigenvalue weighted by atomic mass is 35.5. The second kappa shape index (κ2) is 8.61. The van der Waals surface area contributed by atoms with E-state index in [1.54, 1.807) is 36.6 Å². The minimum atomic E-state index is -3.79. The van der Waals surface area contributed by atoms with Crippen molar-refractivity contribution in [3.05, 3.63) is 59.0 Å². The summed E-state index contributed by atoms with van der Waals surface area (Å²) in [5.74, 6) is 0.357. The second-order valence-electron chi connectivity index (χ2n) is 5.41. The third kappa shape index (κ3) is 5.36. The van der Waals surface area contributed by atoms with Crippen molar-refractivity contribution in [2.45, 2.75) is 17.2 Å². The summed E-state index contributed by atoms with van der Waals surface area (Å²) in [5.41, 5.74) is 0.370. The van der Waals surface area contributed by atoms with E-state index in [0.29, 0.717) is 23.4 Å². The maximum atomic E-state index is 12.2. The van der Waals surface area contributed by atoms with Gasteiger partial charge in [-0.05, 0) is 42.8 Å². The molecule has 3 aromatic rings. The van der Waals surface area contributed by atoms with Crippen molar-refractivity contribution in [3.8, 4) is 0 Å². The van der Waals surface area contributed by atoms with E-state index in [1.807, 2.05) is 6.07 Å². The van der Waals surface area contributed by atoms with Crippen molar-refractivity contribution in [1.82, 2.24) is 14.9 Å². The molecule has 0 fully saturated rings. The summed E-state index contributed by atoms with van der Waals surface area (Å²) < 4.78 is 31.9. The molecule has 0 unspecified atom stereocenters. The van der Waals surface area contributed by atoms with Gasteiger partial charge in [-0.15, -0.1) is 10.2 Å². The van der Waals surface area contributed by atoms with E-state index in [2.05, 4.69) is 20.2 Å². The number of carbonyl (C=O) groups excluding carboxylic acids is 1. The van der Waals surface area contributed by atoms with E-state index >= 15 is 0 Å². The van der Waals surface area contributed by atoms with Crippen LogP contribution in [0.2, 0.25) is 5.02 Å². The van der Waals surface area contributed by atoms with Crippen LogP contribution in [0.1, 0.15) is 22.5 Å². The molecule has 1 amide bonds. The second-order valence-corrected chi connectivity index (χ2v) is 8.77. The first-order chi connectivity index (χ1) is 12.9. The molecule has 1 aromatic carbocycles. The van der Waals surface area contributed by atoms with Gasteiger partial charge in [0.2, 0.25) is 9.47 Å². The van der Waals surface area contributed by atoms with Crippen LogP contribution < -0.4 is 10.0 Å². The predicted octanol–water partition coefficient (Wildman–Crippen LogP) is 2.95. The molecule has 0 atom stereocenters. The molecule has 142 valence electrons. The number of furan rings is 1. The van der Waals surface area contributed by atoms with Gasteiger partial charge in [0.1, 0.15) is 5.76 Å². The van der Waals surface area contributed by atoms with Crippen molar-refractivity contribution >= 4 is 44.0 Å². The smallest absolute Gasteiger partial charge is 0.269 e. The number of hydrogen-bond donors (Lipinski definition) is 2. The molecule has 0 saturated heterocycles. The lowest BCUT2D eigenvalue weighted by atomic mass is 10.2. The molecular formula is C16H15ClN4O4S2. The SMILES string of the molecule is O=C(Nc1nnc(S(=O)(=O)NCCCc2ccco2)s1)c1ccc(Cl)cc1. The minimum Gasteiger partial charge on any atom is -0.469 e. The van der Waals surface area contributed by atoms with Crippen LogP contribution in [-0.2, 0) is 16.4 Å². The molecule has 2 heterocycles. The Kier molecular flexibility index (Phi) is 6.22. The van der Waals surface area contributed by atoms with Crippen LogP contribution in [0, 0.1) is 0 Å². The van der Waals surface area contributed by atoms with Crippen LogP contribution in [0.4, 0.5) is 5.13 Å². The van der Waals surface area contributed by atoms with Gasteiger partial charge in [-0.2, -0.15) is 0 Å². The Labute approximate surface area is 164 Å². The molecule has 0 aliphatic rings. The highest BCUT2D eigenvalue weighted by Crippen LogP contribution is 2.20. The van der Waals surface area contributed by atoms with Crippen LogP contribution in [0.5, 0.6) is 0 Å². The van der Waals surface area contributed by atoms with Crippen molar-refractivity contribution in [1.29, 1.82) is 0 Å². The number of carbonyl (C=O) groups is 1. The van der Waals surface area contributed by atoms with Gasteiger partial charge in [0.25, 0.3) is 15.9 Å². The predicted molar refractivity (Wildman–Crippen MR) is 102 cm³/mol. The van der Waals surface area contributed by atoms with Gasteiger partial charge in [0.05, 0.1) is 6.26 Å². The number of nitrogens with zero attached hydrogens (tertiary/aromatic N) is 2. The molecule has 0 radical (unpaired) electrons. The minimum absolute atomic E-state index is 0.0888. The Bertz CT molecular complexity index is 1000. The summed E-state index contributed by atoms with van der Waals surface area (Å²) in [6, 6.07) is 9.88. The lowest BCUT2D eigenvalue weighted by Gasteiger charge is -2.02. The molecule has 0 spiro atoms. The molecule has 27 heavy (non-hydrogen) atoms. The number of hydrogen-bond acceptors (Lipinski definition) is 7. The Balaban J connectivity index is 1.55. The zero-order valence-electron chi connectivity index (χ0n) is 13.9. The molecule has 3 rings (SSSR count). The normalized spacial score (nSPS) is 11.4. The Morgan fingerprint density at radius 1 is 1.19 bits per heavy atom. The van der Waals surface area contributed by atoms with Crippen LogP contribution in [0.15, 0.2) is 51.4 Å². The summed E-state index contributed by atoms with van der Waals surface area (Å²) in [7, 11) is -3.79. The van der Waals surface area contributed by atoms with E-state index in [0.717, 1.165) is 17.1 Å². The Morgan fingerprint density at radius 2 is 1.96 bits per heavy atom. The van der Waals surface area contributed by atoms with Crippen LogP contribution in [0.25, 0.3) is 0 Å². The topological polar surface area (TPSA) is 114 Å². The Morgan fingerprint density at radius 3 is 2.67 bits per heavy atom. The zero-order valence-corrected chi connectivity index (χ0v) is 16.3. The molecule has 2 N–H and O–H groups in total. The van der Waals surface area contributed by atoms with Crippen molar-refractivity contribution in [2.75, 3.05) is 11.9 Å². The van der Waals surface area contributed by atoms with Gasteiger partial charge in [0.15, 0.2) is 0 Å². The maximum Gasteiger partial charge on any atom is 0.269 e. The number of anilines is 1. The first-order valence-electron chi connectivity index (χ1n) is 7.86. The van der Waals surface area contributed by atoms with Crippen molar-refractivity contribution in [3.63, 3.8) is 0 Å². The quantitative estimate of drug-likeness (QED) is 0.422. The summed E-state index contributed by atoms with van der Waals surface area (Å²) in [6.45, 7) is 0.231. The molecule has 0 aliphatic heterocycles.